The zero-order valence-corrected chi connectivity index (χ0v) is 15.9. The molecule has 146 valence electrons. The number of nitrogens with one attached hydrogen (secondary N) is 1. The number of anilines is 1. The summed E-state index contributed by atoms with van der Waals surface area (Å²) in [5, 5.41) is 2.58. The third-order valence-corrected chi connectivity index (χ3v) is 4.64. The summed E-state index contributed by atoms with van der Waals surface area (Å²) in [6.45, 7) is 0.137. The van der Waals surface area contributed by atoms with Crippen molar-refractivity contribution in [1.82, 2.24) is 5.32 Å². The minimum absolute atomic E-state index is 0.137. The number of para-hydroxylation sites is 3. The molecule has 6 heteroatoms. The summed E-state index contributed by atoms with van der Waals surface area (Å²) in [5.41, 5.74) is 1.14. The number of ether oxygens (including phenoxy) is 2. The lowest BCUT2D eigenvalue weighted by Crippen LogP contribution is -2.50. The number of carbonyl (C=O) groups excluding carboxylic acids is 2. The lowest BCUT2D eigenvalue weighted by atomic mass is 10.1. The van der Waals surface area contributed by atoms with Gasteiger partial charge in [0.15, 0.2) is 6.10 Å². The second-order valence-electron chi connectivity index (χ2n) is 6.54. The molecule has 3 aromatic rings. The molecule has 1 N–H and O–H groups in total. The van der Waals surface area contributed by atoms with E-state index in [0.717, 1.165) is 5.75 Å². The van der Waals surface area contributed by atoms with Crippen molar-refractivity contribution in [3.63, 3.8) is 0 Å². The maximum Gasteiger partial charge on any atom is 0.262 e. The molecule has 6 nitrogen and oxygen atoms in total. The first-order chi connectivity index (χ1) is 14.2. The molecular formula is C23H20N2O4. The Bertz CT molecular complexity index is 1020. The Morgan fingerprint density at radius 2 is 1.59 bits per heavy atom. The lowest BCUT2D eigenvalue weighted by Gasteiger charge is -2.34. The monoisotopic (exact) mass is 388 g/mol. The Labute approximate surface area is 168 Å². The van der Waals surface area contributed by atoms with Crippen LogP contribution in [0.3, 0.4) is 0 Å². The highest BCUT2D eigenvalue weighted by Crippen LogP contribution is 2.34. The minimum atomic E-state index is -0.764. The molecule has 2 amide bonds. The molecule has 1 aliphatic rings. The maximum absolute atomic E-state index is 13.2. The van der Waals surface area contributed by atoms with E-state index >= 15 is 0 Å². The Hall–Kier alpha value is -3.80. The van der Waals surface area contributed by atoms with Crippen molar-refractivity contribution >= 4 is 17.5 Å². The van der Waals surface area contributed by atoms with Gasteiger partial charge in [-0.25, -0.2) is 0 Å². The molecule has 0 spiro atoms. The van der Waals surface area contributed by atoms with E-state index in [0.29, 0.717) is 22.7 Å². The topological polar surface area (TPSA) is 67.9 Å². The number of hydrogen-bond donors (Lipinski definition) is 1. The molecule has 0 bridgehead atoms. The molecule has 1 atom stereocenters. The van der Waals surface area contributed by atoms with E-state index in [4.69, 9.17) is 9.47 Å². The first-order valence-electron chi connectivity index (χ1n) is 9.28. The predicted octanol–water partition coefficient (Wildman–Crippen LogP) is 3.63. The molecule has 0 fully saturated rings. The van der Waals surface area contributed by atoms with E-state index in [9.17, 15) is 9.59 Å². The average molecular weight is 388 g/mol. The lowest BCUT2D eigenvalue weighted by molar-refractivity contribution is -0.127. The van der Waals surface area contributed by atoms with Crippen molar-refractivity contribution in [3.05, 3.63) is 84.4 Å². The Kier molecular flexibility index (Phi) is 5.16. The summed E-state index contributed by atoms with van der Waals surface area (Å²) in [5.74, 6) is 1.38. The van der Waals surface area contributed by atoms with Crippen LogP contribution in [0.4, 0.5) is 5.69 Å². The van der Waals surface area contributed by atoms with Crippen molar-refractivity contribution in [2.45, 2.75) is 6.10 Å². The fourth-order valence-electron chi connectivity index (χ4n) is 3.17. The van der Waals surface area contributed by atoms with Crippen LogP contribution in [0.25, 0.3) is 0 Å². The standard InChI is InChI=1S/C23H20N2O4/c1-24-22(26)21-15-25(19-9-5-6-10-20(19)29-21)23(27)16-11-13-18(14-12-16)28-17-7-3-2-4-8-17/h2-14,21H,15H2,1H3,(H,24,26)/t21-/m0/s1. The highest BCUT2D eigenvalue weighted by atomic mass is 16.5. The van der Waals surface area contributed by atoms with E-state index < -0.39 is 6.10 Å². The van der Waals surface area contributed by atoms with E-state index in [-0.39, 0.29) is 18.4 Å². The molecule has 0 saturated heterocycles. The van der Waals surface area contributed by atoms with Gasteiger partial charge in [0.1, 0.15) is 17.2 Å². The number of rotatable bonds is 4. The van der Waals surface area contributed by atoms with E-state index in [1.807, 2.05) is 42.5 Å². The van der Waals surface area contributed by atoms with Gasteiger partial charge in [-0.3, -0.25) is 9.59 Å². The Morgan fingerprint density at radius 1 is 0.931 bits per heavy atom. The van der Waals surface area contributed by atoms with E-state index in [2.05, 4.69) is 5.32 Å². The van der Waals surface area contributed by atoms with Gasteiger partial charge >= 0.3 is 0 Å². The van der Waals surface area contributed by atoms with Gasteiger partial charge in [0.2, 0.25) is 0 Å². The van der Waals surface area contributed by atoms with Crippen LogP contribution in [0, 0.1) is 0 Å². The van der Waals surface area contributed by atoms with Crippen molar-refractivity contribution in [1.29, 1.82) is 0 Å². The summed E-state index contributed by atoms with van der Waals surface area (Å²) in [4.78, 5) is 26.9. The maximum atomic E-state index is 13.2. The normalized spacial score (nSPS) is 15.1. The molecule has 0 saturated carbocycles. The van der Waals surface area contributed by atoms with Crippen molar-refractivity contribution < 1.29 is 19.1 Å². The summed E-state index contributed by atoms with van der Waals surface area (Å²) >= 11 is 0. The molecule has 0 unspecified atom stereocenters. The molecule has 0 aromatic heterocycles. The van der Waals surface area contributed by atoms with Crippen molar-refractivity contribution in [3.8, 4) is 17.2 Å². The Morgan fingerprint density at radius 3 is 2.31 bits per heavy atom. The number of amides is 2. The summed E-state index contributed by atoms with van der Waals surface area (Å²) in [6.07, 6.45) is -0.764. The molecular weight excluding hydrogens is 368 g/mol. The fraction of sp³-hybridized carbons (Fsp3) is 0.130. The van der Waals surface area contributed by atoms with Gasteiger partial charge in [0, 0.05) is 12.6 Å². The SMILES string of the molecule is CNC(=O)[C@@H]1CN(C(=O)c2ccc(Oc3ccccc3)cc2)c2ccccc2O1. The number of carbonyl (C=O) groups is 2. The fourth-order valence-corrected chi connectivity index (χ4v) is 3.17. The van der Waals surface area contributed by atoms with Crippen LogP contribution in [0.5, 0.6) is 17.2 Å². The van der Waals surface area contributed by atoms with E-state index in [1.165, 1.54) is 0 Å². The number of likely N-dealkylation sites (N-methyl/N-ethyl adjacent to an activating group) is 1. The molecule has 1 aliphatic heterocycles. The minimum Gasteiger partial charge on any atom is -0.477 e. The smallest absolute Gasteiger partial charge is 0.262 e. The van der Waals surface area contributed by atoms with Crippen LogP contribution in [0.15, 0.2) is 78.9 Å². The highest BCUT2D eigenvalue weighted by molar-refractivity contribution is 6.08. The average Bonchev–Trinajstić information content (AvgIpc) is 2.78. The van der Waals surface area contributed by atoms with Crippen LogP contribution in [0.1, 0.15) is 10.4 Å². The zero-order valence-electron chi connectivity index (χ0n) is 15.9. The number of fused-ring (bicyclic) bond motifs is 1. The van der Waals surface area contributed by atoms with Gasteiger partial charge in [-0.2, -0.15) is 0 Å². The highest BCUT2D eigenvalue weighted by Gasteiger charge is 2.33. The van der Waals surface area contributed by atoms with Crippen LogP contribution < -0.4 is 19.7 Å². The molecule has 29 heavy (non-hydrogen) atoms. The van der Waals surface area contributed by atoms with Gasteiger partial charge in [-0.1, -0.05) is 30.3 Å². The second-order valence-corrected chi connectivity index (χ2v) is 6.54. The molecule has 1 heterocycles. The largest absolute Gasteiger partial charge is 0.477 e. The van der Waals surface area contributed by atoms with Gasteiger partial charge in [-0.05, 0) is 48.5 Å². The first kappa shape index (κ1) is 18.6. The first-order valence-corrected chi connectivity index (χ1v) is 9.28. The third-order valence-electron chi connectivity index (χ3n) is 4.64. The van der Waals surface area contributed by atoms with Crippen molar-refractivity contribution in [2.24, 2.45) is 0 Å². The van der Waals surface area contributed by atoms with Gasteiger partial charge in [-0.15, -0.1) is 0 Å². The summed E-state index contributed by atoms with van der Waals surface area (Å²) < 4.78 is 11.5. The predicted molar refractivity (Wildman–Crippen MR) is 110 cm³/mol. The van der Waals surface area contributed by atoms with Gasteiger partial charge in [0.05, 0.1) is 12.2 Å². The van der Waals surface area contributed by atoms with Crippen LogP contribution in [-0.4, -0.2) is 31.5 Å². The molecule has 3 aromatic carbocycles. The van der Waals surface area contributed by atoms with Gasteiger partial charge < -0.3 is 19.7 Å². The zero-order chi connectivity index (χ0) is 20.2. The number of hydrogen-bond acceptors (Lipinski definition) is 4. The second kappa shape index (κ2) is 8.06. The van der Waals surface area contributed by atoms with Crippen LogP contribution in [-0.2, 0) is 4.79 Å². The number of benzene rings is 3. The van der Waals surface area contributed by atoms with Gasteiger partial charge in [0.25, 0.3) is 11.8 Å². The molecule has 0 aliphatic carbocycles. The quantitative estimate of drug-likeness (QED) is 0.741. The van der Waals surface area contributed by atoms with Crippen LogP contribution in [0.2, 0.25) is 0 Å². The molecule has 0 radical (unpaired) electrons. The molecule has 4 rings (SSSR count). The Balaban J connectivity index is 1.57. The van der Waals surface area contributed by atoms with E-state index in [1.54, 1.807) is 48.3 Å². The van der Waals surface area contributed by atoms with Crippen molar-refractivity contribution in [2.75, 3.05) is 18.5 Å². The third kappa shape index (κ3) is 3.91. The number of nitrogens with zero attached hydrogens (tertiary/aromatic N) is 1. The summed E-state index contributed by atoms with van der Waals surface area (Å²) in [6, 6.07) is 23.6. The van der Waals surface area contributed by atoms with Crippen LogP contribution >= 0.6 is 0 Å². The summed E-state index contributed by atoms with van der Waals surface area (Å²) in [7, 11) is 1.55.